The standard InChI is InChI=1S/C23H30ClN3O2/c1-5-7-14-27(6-2)19-11-8-17(9-12-19)22(28)26-21-15-18(10-13-20(21)24)23(29)25-16(3)4/h8-13,15-16H,5-7,14H2,1-4H3,(H,25,29)(H,26,28). The molecule has 0 unspecified atom stereocenters. The van der Waals surface area contributed by atoms with Gasteiger partial charge in [0, 0.05) is 35.9 Å². The Hall–Kier alpha value is -2.53. The van der Waals surface area contributed by atoms with Gasteiger partial charge in [-0.25, -0.2) is 0 Å². The van der Waals surface area contributed by atoms with E-state index in [9.17, 15) is 9.59 Å². The monoisotopic (exact) mass is 415 g/mol. The lowest BCUT2D eigenvalue weighted by molar-refractivity contribution is 0.0942. The zero-order valence-electron chi connectivity index (χ0n) is 17.6. The Balaban J connectivity index is 2.12. The van der Waals surface area contributed by atoms with Crippen molar-refractivity contribution in [1.29, 1.82) is 0 Å². The smallest absolute Gasteiger partial charge is 0.255 e. The molecule has 2 amide bonds. The highest BCUT2D eigenvalue weighted by Gasteiger charge is 2.13. The van der Waals surface area contributed by atoms with Crippen LogP contribution in [-0.2, 0) is 0 Å². The lowest BCUT2D eigenvalue weighted by Gasteiger charge is -2.23. The molecule has 2 aromatic carbocycles. The van der Waals surface area contributed by atoms with E-state index in [0.29, 0.717) is 21.8 Å². The van der Waals surface area contributed by atoms with Crippen molar-refractivity contribution in [3.63, 3.8) is 0 Å². The second-order valence-electron chi connectivity index (χ2n) is 7.26. The predicted octanol–water partition coefficient (Wildman–Crippen LogP) is 5.36. The van der Waals surface area contributed by atoms with Crippen LogP contribution >= 0.6 is 11.6 Å². The summed E-state index contributed by atoms with van der Waals surface area (Å²) in [5.41, 5.74) is 2.50. The molecule has 0 radical (unpaired) electrons. The molecule has 0 aliphatic rings. The third-order valence-corrected chi connectivity index (χ3v) is 4.88. The molecule has 29 heavy (non-hydrogen) atoms. The Kier molecular flexibility index (Phi) is 8.52. The van der Waals surface area contributed by atoms with Crippen LogP contribution in [0, 0.1) is 0 Å². The van der Waals surface area contributed by atoms with Crippen molar-refractivity contribution in [2.45, 2.75) is 46.6 Å². The van der Waals surface area contributed by atoms with Crippen molar-refractivity contribution < 1.29 is 9.59 Å². The summed E-state index contributed by atoms with van der Waals surface area (Å²) in [4.78, 5) is 27.2. The van der Waals surface area contributed by atoms with Crippen molar-refractivity contribution in [1.82, 2.24) is 5.32 Å². The van der Waals surface area contributed by atoms with Crippen molar-refractivity contribution >= 4 is 34.8 Å². The Morgan fingerprint density at radius 2 is 1.66 bits per heavy atom. The summed E-state index contributed by atoms with van der Waals surface area (Å²) in [6.07, 6.45) is 2.28. The van der Waals surface area contributed by atoms with Gasteiger partial charge in [-0.05, 0) is 69.7 Å². The van der Waals surface area contributed by atoms with E-state index in [0.717, 1.165) is 31.6 Å². The van der Waals surface area contributed by atoms with E-state index in [1.54, 1.807) is 18.2 Å². The lowest BCUT2D eigenvalue weighted by Crippen LogP contribution is -2.30. The number of hydrogen-bond donors (Lipinski definition) is 2. The molecular weight excluding hydrogens is 386 g/mol. The average Bonchev–Trinajstić information content (AvgIpc) is 2.70. The Morgan fingerprint density at radius 1 is 1.00 bits per heavy atom. The van der Waals surface area contributed by atoms with Crippen LogP contribution in [0.15, 0.2) is 42.5 Å². The molecule has 2 rings (SSSR count). The van der Waals surface area contributed by atoms with Gasteiger partial charge in [0.15, 0.2) is 0 Å². The van der Waals surface area contributed by atoms with E-state index in [1.165, 1.54) is 0 Å². The molecule has 2 N–H and O–H groups in total. The maximum absolute atomic E-state index is 12.7. The van der Waals surface area contributed by atoms with Crippen LogP contribution in [0.5, 0.6) is 0 Å². The highest BCUT2D eigenvalue weighted by atomic mass is 35.5. The van der Waals surface area contributed by atoms with Crippen LogP contribution in [-0.4, -0.2) is 30.9 Å². The normalized spacial score (nSPS) is 10.7. The fourth-order valence-electron chi connectivity index (χ4n) is 2.94. The van der Waals surface area contributed by atoms with Crippen LogP contribution in [0.3, 0.4) is 0 Å². The Bertz CT molecular complexity index is 835. The van der Waals surface area contributed by atoms with Crippen LogP contribution < -0.4 is 15.5 Å². The first-order valence-electron chi connectivity index (χ1n) is 10.1. The summed E-state index contributed by atoms with van der Waals surface area (Å²) < 4.78 is 0. The molecule has 0 aliphatic heterocycles. The van der Waals surface area contributed by atoms with E-state index in [4.69, 9.17) is 11.6 Å². The highest BCUT2D eigenvalue weighted by Crippen LogP contribution is 2.24. The molecule has 0 saturated heterocycles. The minimum absolute atomic E-state index is 0.0229. The zero-order chi connectivity index (χ0) is 21.4. The maximum Gasteiger partial charge on any atom is 0.255 e. The topological polar surface area (TPSA) is 61.4 Å². The second kappa shape index (κ2) is 10.9. The maximum atomic E-state index is 12.7. The number of nitrogens with zero attached hydrogens (tertiary/aromatic N) is 1. The SMILES string of the molecule is CCCCN(CC)c1ccc(C(=O)Nc2cc(C(=O)NC(C)C)ccc2Cl)cc1. The third kappa shape index (κ3) is 6.50. The molecule has 0 atom stereocenters. The predicted molar refractivity (Wildman–Crippen MR) is 121 cm³/mol. The molecule has 0 bridgehead atoms. The van der Waals surface area contributed by atoms with Gasteiger partial charge in [0.05, 0.1) is 10.7 Å². The van der Waals surface area contributed by atoms with Crippen LogP contribution in [0.2, 0.25) is 5.02 Å². The summed E-state index contributed by atoms with van der Waals surface area (Å²) in [5, 5.41) is 6.02. The summed E-state index contributed by atoms with van der Waals surface area (Å²) in [5.74, 6) is -0.472. The van der Waals surface area contributed by atoms with Gasteiger partial charge in [-0.15, -0.1) is 0 Å². The van der Waals surface area contributed by atoms with Crippen molar-refractivity contribution in [3.05, 3.63) is 58.6 Å². The third-order valence-electron chi connectivity index (χ3n) is 4.55. The first-order valence-corrected chi connectivity index (χ1v) is 10.5. The van der Waals surface area contributed by atoms with Gasteiger partial charge in [-0.1, -0.05) is 24.9 Å². The highest BCUT2D eigenvalue weighted by molar-refractivity contribution is 6.34. The van der Waals surface area contributed by atoms with Crippen LogP contribution in [0.4, 0.5) is 11.4 Å². The van der Waals surface area contributed by atoms with E-state index < -0.39 is 0 Å². The average molecular weight is 416 g/mol. The van der Waals surface area contributed by atoms with Gasteiger partial charge < -0.3 is 15.5 Å². The van der Waals surface area contributed by atoms with Crippen molar-refractivity contribution in [3.8, 4) is 0 Å². The minimum atomic E-state index is -0.267. The number of unbranched alkanes of at least 4 members (excludes halogenated alkanes) is 1. The molecule has 6 heteroatoms. The summed E-state index contributed by atoms with van der Waals surface area (Å²) in [7, 11) is 0. The molecular formula is C23H30ClN3O2. The van der Waals surface area contributed by atoms with Gasteiger partial charge in [-0.3, -0.25) is 9.59 Å². The number of carbonyl (C=O) groups is 2. The molecule has 156 valence electrons. The molecule has 5 nitrogen and oxygen atoms in total. The van der Waals surface area contributed by atoms with Gasteiger partial charge in [-0.2, -0.15) is 0 Å². The summed E-state index contributed by atoms with van der Waals surface area (Å²) in [6.45, 7) is 10.0. The molecule has 0 saturated carbocycles. The van der Waals surface area contributed by atoms with E-state index in [-0.39, 0.29) is 17.9 Å². The van der Waals surface area contributed by atoms with Gasteiger partial charge >= 0.3 is 0 Å². The first kappa shape index (κ1) is 22.8. The number of halogens is 1. The Morgan fingerprint density at radius 3 is 2.24 bits per heavy atom. The molecule has 0 aliphatic carbocycles. The number of carbonyl (C=O) groups excluding carboxylic acids is 2. The summed E-state index contributed by atoms with van der Waals surface area (Å²) in [6, 6.07) is 12.4. The fourth-order valence-corrected chi connectivity index (χ4v) is 3.11. The molecule has 0 fully saturated rings. The van der Waals surface area contributed by atoms with Crippen LogP contribution in [0.25, 0.3) is 0 Å². The fraction of sp³-hybridized carbons (Fsp3) is 0.391. The molecule has 2 aromatic rings. The van der Waals surface area contributed by atoms with E-state index in [2.05, 4.69) is 29.4 Å². The first-order chi connectivity index (χ1) is 13.8. The minimum Gasteiger partial charge on any atom is -0.372 e. The molecule has 0 spiro atoms. The number of amides is 2. The molecule has 0 heterocycles. The van der Waals surface area contributed by atoms with Crippen molar-refractivity contribution in [2.24, 2.45) is 0 Å². The number of nitrogens with one attached hydrogen (secondary N) is 2. The van der Waals surface area contributed by atoms with Crippen molar-refractivity contribution in [2.75, 3.05) is 23.3 Å². The number of hydrogen-bond acceptors (Lipinski definition) is 3. The number of benzene rings is 2. The Labute approximate surface area is 178 Å². The molecule has 0 aromatic heterocycles. The van der Waals surface area contributed by atoms with Gasteiger partial charge in [0.1, 0.15) is 0 Å². The quantitative estimate of drug-likeness (QED) is 0.579. The largest absolute Gasteiger partial charge is 0.372 e. The lowest BCUT2D eigenvalue weighted by atomic mass is 10.1. The van der Waals surface area contributed by atoms with Crippen LogP contribution in [0.1, 0.15) is 61.3 Å². The number of rotatable bonds is 9. The summed E-state index contributed by atoms with van der Waals surface area (Å²) >= 11 is 6.22. The zero-order valence-corrected chi connectivity index (χ0v) is 18.3. The second-order valence-corrected chi connectivity index (χ2v) is 7.66. The van der Waals surface area contributed by atoms with E-state index >= 15 is 0 Å². The number of anilines is 2. The van der Waals surface area contributed by atoms with Gasteiger partial charge in [0.2, 0.25) is 0 Å². The van der Waals surface area contributed by atoms with Gasteiger partial charge in [0.25, 0.3) is 11.8 Å². The van der Waals surface area contributed by atoms with E-state index in [1.807, 2.05) is 38.1 Å².